The highest BCUT2D eigenvalue weighted by molar-refractivity contribution is 5.83. The zero-order chi connectivity index (χ0) is 12.8. The van der Waals surface area contributed by atoms with Crippen LogP contribution in [0.5, 0.6) is 5.75 Å². The van der Waals surface area contributed by atoms with Crippen LogP contribution in [0.1, 0.15) is 20.3 Å². The second-order valence-corrected chi connectivity index (χ2v) is 4.60. The summed E-state index contributed by atoms with van der Waals surface area (Å²) < 4.78 is 5.79. The van der Waals surface area contributed by atoms with Crippen molar-refractivity contribution < 1.29 is 4.74 Å². The van der Waals surface area contributed by atoms with Crippen LogP contribution in [0.2, 0.25) is 0 Å². The van der Waals surface area contributed by atoms with Gasteiger partial charge in [0.25, 0.3) is 0 Å². The molecule has 0 aromatic heterocycles. The molecule has 2 rings (SSSR count). The first-order valence-corrected chi connectivity index (χ1v) is 6.64. The van der Waals surface area contributed by atoms with Crippen molar-refractivity contribution in [2.45, 2.75) is 26.3 Å². The van der Waals surface area contributed by atoms with Gasteiger partial charge in [0.15, 0.2) is 0 Å². The lowest BCUT2D eigenvalue weighted by Gasteiger charge is -2.13. The zero-order valence-electron chi connectivity index (χ0n) is 11.1. The fraction of sp³-hybridized carbons (Fsp3) is 0.375. The second kappa shape index (κ2) is 6.41. The van der Waals surface area contributed by atoms with Gasteiger partial charge in [0, 0.05) is 6.04 Å². The Labute approximate surface area is 109 Å². The predicted molar refractivity (Wildman–Crippen MR) is 77.2 cm³/mol. The summed E-state index contributed by atoms with van der Waals surface area (Å²) in [5.41, 5.74) is 0. The Bertz CT molecular complexity index is 495. The molecule has 0 aliphatic rings. The molecule has 0 bridgehead atoms. The van der Waals surface area contributed by atoms with Gasteiger partial charge in [0.05, 0.1) is 6.61 Å². The Morgan fingerprint density at radius 3 is 2.67 bits per heavy atom. The molecule has 1 N–H and O–H groups in total. The molecule has 96 valence electrons. The molecule has 2 nitrogen and oxygen atoms in total. The standard InChI is InChI=1S/C16H21NO/c1-3-17-13(2)10-11-18-16-9-8-14-6-4-5-7-15(14)12-16/h4-9,12-13,17H,3,10-11H2,1-2H3. The van der Waals surface area contributed by atoms with E-state index in [-0.39, 0.29) is 0 Å². The van der Waals surface area contributed by atoms with E-state index in [1.807, 2.05) is 6.07 Å². The van der Waals surface area contributed by atoms with Gasteiger partial charge in [-0.3, -0.25) is 0 Å². The first-order chi connectivity index (χ1) is 8.79. The van der Waals surface area contributed by atoms with Crippen molar-refractivity contribution in [2.75, 3.05) is 13.2 Å². The highest BCUT2D eigenvalue weighted by Gasteiger charge is 2.01. The van der Waals surface area contributed by atoms with Gasteiger partial charge in [0.2, 0.25) is 0 Å². The Morgan fingerprint density at radius 2 is 1.89 bits per heavy atom. The van der Waals surface area contributed by atoms with Crippen LogP contribution in [0.15, 0.2) is 42.5 Å². The predicted octanol–water partition coefficient (Wildman–Crippen LogP) is 3.61. The molecule has 2 aromatic carbocycles. The Balaban J connectivity index is 1.91. The summed E-state index contributed by atoms with van der Waals surface area (Å²) in [4.78, 5) is 0. The van der Waals surface area contributed by atoms with Gasteiger partial charge in [-0.1, -0.05) is 37.3 Å². The molecule has 0 saturated heterocycles. The third-order valence-electron chi connectivity index (χ3n) is 3.09. The smallest absolute Gasteiger partial charge is 0.119 e. The third kappa shape index (κ3) is 3.47. The first kappa shape index (κ1) is 12.9. The average Bonchev–Trinajstić information content (AvgIpc) is 2.39. The molecule has 0 amide bonds. The molecule has 0 fully saturated rings. The molecule has 1 atom stereocenters. The van der Waals surface area contributed by atoms with Crippen molar-refractivity contribution in [3.8, 4) is 5.75 Å². The lowest BCUT2D eigenvalue weighted by Crippen LogP contribution is -2.27. The summed E-state index contributed by atoms with van der Waals surface area (Å²) in [6, 6.07) is 15.1. The van der Waals surface area contributed by atoms with Crippen LogP contribution in [0, 0.1) is 0 Å². The minimum atomic E-state index is 0.510. The summed E-state index contributed by atoms with van der Waals surface area (Å²) in [5, 5.41) is 5.87. The van der Waals surface area contributed by atoms with Crippen LogP contribution in [-0.2, 0) is 0 Å². The molecule has 0 spiro atoms. The summed E-state index contributed by atoms with van der Waals surface area (Å²) in [6.45, 7) is 6.08. The zero-order valence-corrected chi connectivity index (χ0v) is 11.1. The summed E-state index contributed by atoms with van der Waals surface area (Å²) >= 11 is 0. The fourth-order valence-electron chi connectivity index (χ4n) is 2.06. The van der Waals surface area contributed by atoms with Gasteiger partial charge in [-0.15, -0.1) is 0 Å². The van der Waals surface area contributed by atoms with E-state index in [1.165, 1.54) is 10.8 Å². The lowest BCUT2D eigenvalue weighted by molar-refractivity contribution is 0.291. The number of fused-ring (bicyclic) bond motifs is 1. The number of benzene rings is 2. The van der Waals surface area contributed by atoms with Crippen molar-refractivity contribution in [3.63, 3.8) is 0 Å². The minimum absolute atomic E-state index is 0.510. The molecule has 18 heavy (non-hydrogen) atoms. The van der Waals surface area contributed by atoms with E-state index in [9.17, 15) is 0 Å². The van der Waals surface area contributed by atoms with Crippen molar-refractivity contribution in [1.29, 1.82) is 0 Å². The molecule has 0 saturated carbocycles. The summed E-state index contributed by atoms with van der Waals surface area (Å²) in [7, 11) is 0. The Morgan fingerprint density at radius 1 is 1.11 bits per heavy atom. The molecule has 1 unspecified atom stereocenters. The number of ether oxygens (including phenoxy) is 1. The molecule has 2 aromatic rings. The van der Waals surface area contributed by atoms with Gasteiger partial charge in [0.1, 0.15) is 5.75 Å². The van der Waals surface area contributed by atoms with Gasteiger partial charge in [-0.25, -0.2) is 0 Å². The molecular formula is C16H21NO. The number of rotatable bonds is 6. The van der Waals surface area contributed by atoms with Gasteiger partial charge >= 0.3 is 0 Å². The highest BCUT2D eigenvalue weighted by Crippen LogP contribution is 2.20. The normalized spacial score (nSPS) is 12.6. The van der Waals surface area contributed by atoms with Gasteiger partial charge in [-0.05, 0) is 42.8 Å². The van der Waals surface area contributed by atoms with Crippen LogP contribution in [0.3, 0.4) is 0 Å². The van der Waals surface area contributed by atoms with Crippen LogP contribution >= 0.6 is 0 Å². The van der Waals surface area contributed by atoms with Crippen LogP contribution in [0.25, 0.3) is 10.8 Å². The van der Waals surface area contributed by atoms with E-state index in [0.717, 1.165) is 25.3 Å². The second-order valence-electron chi connectivity index (χ2n) is 4.60. The molecule has 0 aliphatic carbocycles. The van der Waals surface area contributed by atoms with Gasteiger partial charge in [-0.2, -0.15) is 0 Å². The van der Waals surface area contributed by atoms with Crippen molar-refractivity contribution in [2.24, 2.45) is 0 Å². The summed E-state index contributed by atoms with van der Waals surface area (Å²) in [5.74, 6) is 0.956. The van der Waals surface area contributed by atoms with Crippen LogP contribution in [-0.4, -0.2) is 19.2 Å². The third-order valence-corrected chi connectivity index (χ3v) is 3.09. The largest absolute Gasteiger partial charge is 0.494 e. The SMILES string of the molecule is CCNC(C)CCOc1ccc2ccccc2c1. The highest BCUT2D eigenvalue weighted by atomic mass is 16.5. The van der Waals surface area contributed by atoms with E-state index >= 15 is 0 Å². The maximum Gasteiger partial charge on any atom is 0.119 e. The van der Waals surface area contributed by atoms with E-state index < -0.39 is 0 Å². The van der Waals surface area contributed by atoms with Gasteiger partial charge < -0.3 is 10.1 Å². The van der Waals surface area contributed by atoms with E-state index in [0.29, 0.717) is 6.04 Å². The Kier molecular flexibility index (Phi) is 4.59. The molecule has 0 radical (unpaired) electrons. The van der Waals surface area contributed by atoms with E-state index in [2.05, 4.69) is 55.6 Å². The van der Waals surface area contributed by atoms with Crippen molar-refractivity contribution >= 4 is 10.8 Å². The summed E-state index contributed by atoms with van der Waals surface area (Å²) in [6.07, 6.45) is 1.03. The maximum atomic E-state index is 5.79. The quantitative estimate of drug-likeness (QED) is 0.837. The molecular weight excluding hydrogens is 222 g/mol. The average molecular weight is 243 g/mol. The van der Waals surface area contributed by atoms with Crippen LogP contribution in [0.4, 0.5) is 0 Å². The molecule has 0 aliphatic heterocycles. The van der Waals surface area contributed by atoms with Crippen molar-refractivity contribution in [1.82, 2.24) is 5.32 Å². The maximum absolute atomic E-state index is 5.79. The number of nitrogens with one attached hydrogen (secondary N) is 1. The van der Waals surface area contributed by atoms with E-state index in [4.69, 9.17) is 4.74 Å². The monoisotopic (exact) mass is 243 g/mol. The lowest BCUT2D eigenvalue weighted by atomic mass is 10.1. The number of hydrogen-bond donors (Lipinski definition) is 1. The number of hydrogen-bond acceptors (Lipinski definition) is 2. The van der Waals surface area contributed by atoms with Crippen LogP contribution < -0.4 is 10.1 Å². The topological polar surface area (TPSA) is 21.3 Å². The minimum Gasteiger partial charge on any atom is -0.494 e. The first-order valence-electron chi connectivity index (χ1n) is 6.64. The van der Waals surface area contributed by atoms with E-state index in [1.54, 1.807) is 0 Å². The van der Waals surface area contributed by atoms with Crippen molar-refractivity contribution in [3.05, 3.63) is 42.5 Å². The fourth-order valence-corrected chi connectivity index (χ4v) is 2.06. The Hall–Kier alpha value is -1.54. The molecule has 0 heterocycles. The molecule has 2 heteroatoms.